The molecule has 3 rings (SSSR count). The average Bonchev–Trinajstić information content (AvgIpc) is 2.86. The molecule has 98 valence electrons. The molecule has 1 saturated heterocycles. The van der Waals surface area contributed by atoms with Crippen LogP contribution in [-0.2, 0) is 11.8 Å². The van der Waals surface area contributed by atoms with Gasteiger partial charge in [0, 0.05) is 31.5 Å². The molecule has 1 aliphatic heterocycles. The fourth-order valence-corrected chi connectivity index (χ4v) is 3.16. The summed E-state index contributed by atoms with van der Waals surface area (Å²) in [7, 11) is 2.12. The third kappa shape index (κ3) is 2.25. The summed E-state index contributed by atoms with van der Waals surface area (Å²) in [6, 6.07) is 5.35. The molecule has 2 aliphatic rings. The maximum atomic E-state index is 5.70. The highest BCUT2D eigenvalue weighted by molar-refractivity contribution is 5.14. The summed E-state index contributed by atoms with van der Waals surface area (Å²) < 4.78 is 7.92. The molecule has 1 aliphatic carbocycles. The van der Waals surface area contributed by atoms with Gasteiger partial charge in [-0.2, -0.15) is 0 Å². The molecule has 0 saturated carbocycles. The molecule has 2 atom stereocenters. The van der Waals surface area contributed by atoms with Crippen LogP contribution in [0.3, 0.4) is 0 Å². The lowest BCUT2D eigenvalue weighted by molar-refractivity contribution is -0.0260. The van der Waals surface area contributed by atoms with Crippen molar-refractivity contribution in [3.63, 3.8) is 0 Å². The molecule has 0 radical (unpaired) electrons. The number of hydrogen-bond donors (Lipinski definition) is 0. The van der Waals surface area contributed by atoms with Crippen LogP contribution in [0.15, 0.2) is 30.5 Å². The Kier molecular flexibility index (Phi) is 3.52. The van der Waals surface area contributed by atoms with E-state index in [1.54, 1.807) is 0 Å². The van der Waals surface area contributed by atoms with Crippen LogP contribution in [0.1, 0.15) is 31.0 Å². The van der Waals surface area contributed by atoms with E-state index >= 15 is 0 Å². The van der Waals surface area contributed by atoms with Crippen molar-refractivity contribution in [2.75, 3.05) is 19.8 Å². The van der Waals surface area contributed by atoms with Crippen LogP contribution in [0.25, 0.3) is 0 Å². The summed E-state index contributed by atoms with van der Waals surface area (Å²) in [5, 5.41) is 0. The average molecular weight is 246 g/mol. The van der Waals surface area contributed by atoms with Crippen LogP contribution in [0.5, 0.6) is 0 Å². The first-order valence-electron chi connectivity index (χ1n) is 6.97. The van der Waals surface area contributed by atoms with Gasteiger partial charge in [-0.15, -0.1) is 0 Å². The van der Waals surface area contributed by atoms with Crippen molar-refractivity contribution in [3.05, 3.63) is 36.2 Å². The van der Waals surface area contributed by atoms with Gasteiger partial charge in [-0.05, 0) is 31.4 Å². The number of nitrogens with zero attached hydrogens (tertiary/aromatic N) is 2. The Bertz CT molecular complexity index is 424. The smallest absolute Gasteiger partial charge is 0.0742 e. The van der Waals surface area contributed by atoms with Gasteiger partial charge in [0.15, 0.2) is 0 Å². The lowest BCUT2D eigenvalue weighted by Crippen LogP contribution is -2.46. The predicted molar refractivity (Wildman–Crippen MR) is 72.5 cm³/mol. The Balaban J connectivity index is 1.84. The van der Waals surface area contributed by atoms with Crippen LogP contribution in [-0.4, -0.2) is 35.3 Å². The van der Waals surface area contributed by atoms with Gasteiger partial charge in [-0.1, -0.05) is 12.2 Å². The molecule has 0 spiro atoms. The minimum Gasteiger partial charge on any atom is -0.378 e. The summed E-state index contributed by atoms with van der Waals surface area (Å²) in [5.74, 6) is 0. The first kappa shape index (κ1) is 12.0. The van der Waals surface area contributed by atoms with Gasteiger partial charge in [0.25, 0.3) is 0 Å². The summed E-state index contributed by atoms with van der Waals surface area (Å²) in [6.07, 6.45) is 10.7. The number of hydrogen-bond acceptors (Lipinski definition) is 2. The van der Waals surface area contributed by atoms with Crippen molar-refractivity contribution < 1.29 is 4.74 Å². The fourth-order valence-electron chi connectivity index (χ4n) is 3.16. The molecule has 0 aromatic carbocycles. The Hall–Kier alpha value is -1.06. The molecule has 1 fully saturated rings. The number of aromatic nitrogens is 1. The Morgan fingerprint density at radius 3 is 3.06 bits per heavy atom. The summed E-state index contributed by atoms with van der Waals surface area (Å²) >= 11 is 0. The SMILES string of the molecule is Cn1cccc1[C@H]1COCCN1[C@H]1C=CCCC1. The molecule has 3 heteroatoms. The highest BCUT2D eigenvalue weighted by atomic mass is 16.5. The summed E-state index contributed by atoms with van der Waals surface area (Å²) in [6.45, 7) is 2.73. The molecule has 0 amide bonds. The minimum absolute atomic E-state index is 0.409. The van der Waals surface area contributed by atoms with Crippen molar-refractivity contribution in [2.24, 2.45) is 7.05 Å². The zero-order valence-corrected chi connectivity index (χ0v) is 11.1. The first-order valence-corrected chi connectivity index (χ1v) is 6.97. The Labute approximate surface area is 109 Å². The lowest BCUT2D eigenvalue weighted by atomic mass is 9.98. The second-order valence-electron chi connectivity index (χ2n) is 5.30. The highest BCUT2D eigenvalue weighted by Gasteiger charge is 2.30. The molecular weight excluding hydrogens is 224 g/mol. The number of ether oxygens (including phenoxy) is 1. The fraction of sp³-hybridized carbons (Fsp3) is 0.600. The van der Waals surface area contributed by atoms with Gasteiger partial charge < -0.3 is 9.30 Å². The standard InChI is InChI=1S/C15H22N2O/c1-16-9-5-8-14(16)15-12-18-11-10-17(15)13-6-3-2-4-7-13/h3,5-6,8-9,13,15H,2,4,7,10-12H2,1H3/t13-,15+/m0/s1. The molecule has 3 nitrogen and oxygen atoms in total. The summed E-state index contributed by atoms with van der Waals surface area (Å²) in [5.41, 5.74) is 1.37. The van der Waals surface area contributed by atoms with Crippen LogP contribution in [0.4, 0.5) is 0 Å². The van der Waals surface area contributed by atoms with Gasteiger partial charge in [-0.3, -0.25) is 4.90 Å². The predicted octanol–water partition coefficient (Wildman–Crippen LogP) is 2.51. The quantitative estimate of drug-likeness (QED) is 0.746. The van der Waals surface area contributed by atoms with Crippen LogP contribution in [0, 0.1) is 0 Å². The number of morpholine rings is 1. The van der Waals surface area contributed by atoms with E-state index in [1.165, 1.54) is 25.0 Å². The molecule has 0 N–H and O–H groups in total. The third-order valence-electron chi connectivity index (χ3n) is 4.15. The molecule has 1 aromatic rings. The molecular formula is C15H22N2O. The van der Waals surface area contributed by atoms with E-state index in [1.807, 2.05) is 0 Å². The van der Waals surface area contributed by atoms with Crippen molar-refractivity contribution in [1.29, 1.82) is 0 Å². The minimum atomic E-state index is 0.409. The molecule has 1 aromatic heterocycles. The lowest BCUT2D eigenvalue weighted by Gasteiger charge is -2.41. The second kappa shape index (κ2) is 5.29. The van der Waals surface area contributed by atoms with Gasteiger partial charge in [0.1, 0.15) is 0 Å². The largest absolute Gasteiger partial charge is 0.378 e. The van der Waals surface area contributed by atoms with Gasteiger partial charge in [-0.25, -0.2) is 0 Å². The second-order valence-corrected chi connectivity index (χ2v) is 5.30. The zero-order valence-electron chi connectivity index (χ0n) is 11.1. The van der Waals surface area contributed by atoms with E-state index in [0.29, 0.717) is 12.1 Å². The van der Waals surface area contributed by atoms with Gasteiger partial charge in [0.2, 0.25) is 0 Å². The number of aryl methyl sites for hydroxylation is 1. The van der Waals surface area contributed by atoms with Crippen molar-refractivity contribution in [1.82, 2.24) is 9.47 Å². The monoisotopic (exact) mass is 246 g/mol. The van der Waals surface area contributed by atoms with Crippen LogP contribution in [0.2, 0.25) is 0 Å². The maximum absolute atomic E-state index is 5.70. The third-order valence-corrected chi connectivity index (χ3v) is 4.15. The topological polar surface area (TPSA) is 17.4 Å². The van der Waals surface area contributed by atoms with Gasteiger partial charge in [0.05, 0.1) is 19.3 Å². The van der Waals surface area contributed by atoms with Crippen molar-refractivity contribution >= 4 is 0 Å². The van der Waals surface area contributed by atoms with E-state index in [0.717, 1.165) is 19.8 Å². The zero-order chi connectivity index (χ0) is 12.4. The highest BCUT2D eigenvalue weighted by Crippen LogP contribution is 2.29. The summed E-state index contributed by atoms with van der Waals surface area (Å²) in [4.78, 5) is 2.62. The number of allylic oxidation sites excluding steroid dienone is 1. The Morgan fingerprint density at radius 1 is 1.39 bits per heavy atom. The van der Waals surface area contributed by atoms with Crippen LogP contribution < -0.4 is 0 Å². The molecule has 18 heavy (non-hydrogen) atoms. The van der Waals surface area contributed by atoms with E-state index in [2.05, 4.69) is 47.0 Å². The van der Waals surface area contributed by atoms with E-state index in [-0.39, 0.29) is 0 Å². The van der Waals surface area contributed by atoms with E-state index in [9.17, 15) is 0 Å². The first-order chi connectivity index (χ1) is 8.86. The van der Waals surface area contributed by atoms with Crippen molar-refractivity contribution in [2.45, 2.75) is 31.3 Å². The normalized spacial score (nSPS) is 29.6. The van der Waals surface area contributed by atoms with Crippen LogP contribution >= 0.6 is 0 Å². The van der Waals surface area contributed by atoms with Gasteiger partial charge >= 0.3 is 0 Å². The van der Waals surface area contributed by atoms with E-state index < -0.39 is 0 Å². The maximum Gasteiger partial charge on any atom is 0.0742 e. The van der Waals surface area contributed by atoms with E-state index in [4.69, 9.17) is 4.74 Å². The Morgan fingerprint density at radius 2 is 2.33 bits per heavy atom. The molecule has 2 heterocycles. The molecule has 0 bridgehead atoms. The number of rotatable bonds is 2. The van der Waals surface area contributed by atoms with Crippen molar-refractivity contribution in [3.8, 4) is 0 Å². The molecule has 0 unspecified atom stereocenters.